The average molecular weight is 157 g/mol. The van der Waals surface area contributed by atoms with Crippen LogP contribution >= 0.6 is 0 Å². The second-order valence-corrected chi connectivity index (χ2v) is 2.93. The lowest BCUT2D eigenvalue weighted by Crippen LogP contribution is -2.40. The van der Waals surface area contributed by atoms with E-state index in [9.17, 15) is 0 Å². The molecule has 2 unspecified atom stereocenters. The Kier molecular flexibility index (Phi) is 2.70. The van der Waals surface area contributed by atoms with Crippen LogP contribution in [0, 0.1) is 5.41 Å². The molecule has 0 aliphatic heterocycles. The quantitative estimate of drug-likeness (QED) is 0.310. The Morgan fingerprint density at radius 3 is 2.73 bits per heavy atom. The molecule has 4 heteroatoms. The molecular weight excluding hydrogens is 142 g/mol. The first-order valence-electron chi connectivity index (χ1n) is 3.93. The fraction of sp³-hybridized carbons (Fsp3) is 0.857. The van der Waals surface area contributed by atoms with Crippen molar-refractivity contribution < 1.29 is 5.11 Å². The van der Waals surface area contributed by atoms with Crippen molar-refractivity contribution in [3.8, 4) is 0 Å². The number of hydrogen-bond acceptors (Lipinski definition) is 2. The molecular formula is C7H15N3O. The van der Waals surface area contributed by atoms with E-state index >= 15 is 0 Å². The maximum Gasteiger partial charge on any atom is 0.188 e. The highest BCUT2D eigenvalue weighted by molar-refractivity contribution is 5.76. The predicted octanol–water partition coefficient (Wildman–Crippen LogP) is -0.356. The highest BCUT2D eigenvalue weighted by Gasteiger charge is 2.22. The van der Waals surface area contributed by atoms with E-state index in [1.165, 1.54) is 0 Å². The van der Waals surface area contributed by atoms with E-state index in [4.69, 9.17) is 10.5 Å². The Bertz CT molecular complexity index is 149. The van der Waals surface area contributed by atoms with Crippen molar-refractivity contribution in [3.05, 3.63) is 0 Å². The molecule has 0 aromatic carbocycles. The Labute approximate surface area is 66.5 Å². The van der Waals surface area contributed by atoms with Gasteiger partial charge < -0.3 is 15.7 Å². The van der Waals surface area contributed by atoms with Crippen molar-refractivity contribution in [1.29, 1.82) is 5.41 Å². The van der Waals surface area contributed by atoms with E-state index in [0.29, 0.717) is 5.96 Å². The second-order valence-electron chi connectivity index (χ2n) is 2.93. The van der Waals surface area contributed by atoms with Crippen LogP contribution in [-0.4, -0.2) is 30.3 Å². The van der Waals surface area contributed by atoms with E-state index in [2.05, 4.69) is 10.6 Å². The molecule has 1 fully saturated rings. The van der Waals surface area contributed by atoms with Crippen LogP contribution < -0.4 is 10.6 Å². The summed E-state index contributed by atoms with van der Waals surface area (Å²) in [6.45, 7) is 0. The van der Waals surface area contributed by atoms with Gasteiger partial charge >= 0.3 is 0 Å². The highest BCUT2D eigenvalue weighted by atomic mass is 16.3. The third-order valence-electron chi connectivity index (χ3n) is 2.00. The lowest BCUT2D eigenvalue weighted by atomic mass is 10.2. The molecule has 64 valence electrons. The molecule has 0 bridgehead atoms. The van der Waals surface area contributed by atoms with Crippen molar-refractivity contribution in [2.45, 2.75) is 31.4 Å². The number of rotatable bonds is 1. The van der Waals surface area contributed by atoms with E-state index < -0.39 is 0 Å². The second kappa shape index (κ2) is 3.57. The molecule has 0 amide bonds. The first-order chi connectivity index (χ1) is 5.22. The van der Waals surface area contributed by atoms with Gasteiger partial charge in [0, 0.05) is 13.1 Å². The van der Waals surface area contributed by atoms with Gasteiger partial charge in [-0.1, -0.05) is 0 Å². The molecule has 0 heterocycles. The predicted molar refractivity (Wildman–Crippen MR) is 43.6 cm³/mol. The average Bonchev–Trinajstić information content (AvgIpc) is 2.35. The number of guanidine groups is 1. The molecule has 4 N–H and O–H groups in total. The summed E-state index contributed by atoms with van der Waals surface area (Å²) < 4.78 is 0. The van der Waals surface area contributed by atoms with Gasteiger partial charge in [-0.05, 0) is 19.3 Å². The molecule has 2 atom stereocenters. The minimum atomic E-state index is -0.169. The minimum Gasteiger partial charge on any atom is -0.393 e. The molecule has 1 aliphatic rings. The monoisotopic (exact) mass is 157 g/mol. The first-order valence-corrected chi connectivity index (χ1v) is 3.93. The fourth-order valence-corrected chi connectivity index (χ4v) is 1.37. The van der Waals surface area contributed by atoms with Crippen LogP contribution in [0.4, 0.5) is 0 Å². The van der Waals surface area contributed by atoms with Gasteiger partial charge in [-0.3, -0.25) is 5.41 Å². The van der Waals surface area contributed by atoms with Crippen LogP contribution in [0.25, 0.3) is 0 Å². The molecule has 0 saturated heterocycles. The maximum atomic E-state index is 9.15. The van der Waals surface area contributed by atoms with Gasteiger partial charge in [0.2, 0.25) is 0 Å². The van der Waals surface area contributed by atoms with E-state index in [-0.39, 0.29) is 12.1 Å². The topological polar surface area (TPSA) is 68.1 Å². The van der Waals surface area contributed by atoms with E-state index in [0.717, 1.165) is 19.3 Å². The van der Waals surface area contributed by atoms with Crippen molar-refractivity contribution in [1.82, 2.24) is 10.6 Å². The minimum absolute atomic E-state index is 0.169. The summed E-state index contributed by atoms with van der Waals surface area (Å²) in [4.78, 5) is 0. The molecule has 1 aliphatic carbocycles. The number of aliphatic hydroxyl groups is 1. The van der Waals surface area contributed by atoms with Crippen LogP contribution in [0.2, 0.25) is 0 Å². The van der Waals surface area contributed by atoms with Crippen molar-refractivity contribution >= 4 is 5.96 Å². The van der Waals surface area contributed by atoms with Crippen LogP contribution in [-0.2, 0) is 0 Å². The molecule has 1 saturated carbocycles. The summed E-state index contributed by atoms with van der Waals surface area (Å²) in [5.74, 6) is 0.337. The Hall–Kier alpha value is -0.770. The number of nitrogens with one attached hydrogen (secondary N) is 3. The van der Waals surface area contributed by atoms with E-state index in [1.807, 2.05) is 0 Å². The number of aliphatic hydroxyl groups excluding tert-OH is 1. The van der Waals surface area contributed by atoms with Crippen molar-refractivity contribution in [2.75, 3.05) is 7.05 Å². The summed E-state index contributed by atoms with van der Waals surface area (Å²) in [5, 5.41) is 22.1. The van der Waals surface area contributed by atoms with Gasteiger partial charge in [-0.2, -0.15) is 0 Å². The normalized spacial score (nSPS) is 30.0. The lowest BCUT2D eigenvalue weighted by Gasteiger charge is -2.13. The van der Waals surface area contributed by atoms with Crippen LogP contribution in [0.1, 0.15) is 19.3 Å². The standard InChI is InChI=1S/C7H15N3O/c1-9-7(8)10-5-2-3-6(11)4-5/h5-6,11H,2-4H2,1H3,(H3,8,9,10). The molecule has 0 aromatic heterocycles. The summed E-state index contributed by atoms with van der Waals surface area (Å²) in [6, 6.07) is 0.282. The van der Waals surface area contributed by atoms with Crippen molar-refractivity contribution in [2.24, 2.45) is 0 Å². The summed E-state index contributed by atoms with van der Waals surface area (Å²) in [5.41, 5.74) is 0. The zero-order valence-electron chi connectivity index (χ0n) is 6.72. The molecule has 0 radical (unpaired) electrons. The van der Waals surface area contributed by atoms with Crippen LogP contribution in [0.15, 0.2) is 0 Å². The largest absolute Gasteiger partial charge is 0.393 e. The first kappa shape index (κ1) is 8.33. The highest BCUT2D eigenvalue weighted by Crippen LogP contribution is 2.18. The van der Waals surface area contributed by atoms with Gasteiger partial charge in [-0.15, -0.1) is 0 Å². The molecule has 0 aromatic rings. The zero-order chi connectivity index (χ0) is 8.27. The smallest absolute Gasteiger partial charge is 0.188 e. The molecule has 1 rings (SSSR count). The SMILES string of the molecule is CNC(=N)NC1CCC(O)C1. The van der Waals surface area contributed by atoms with Gasteiger partial charge in [0.05, 0.1) is 6.10 Å². The Morgan fingerprint density at radius 1 is 1.55 bits per heavy atom. The molecule has 4 nitrogen and oxygen atoms in total. The third kappa shape index (κ3) is 2.38. The van der Waals surface area contributed by atoms with Crippen molar-refractivity contribution in [3.63, 3.8) is 0 Å². The summed E-state index contributed by atoms with van der Waals surface area (Å²) in [6.07, 6.45) is 2.42. The Balaban J connectivity index is 2.23. The zero-order valence-corrected chi connectivity index (χ0v) is 6.72. The van der Waals surface area contributed by atoms with Gasteiger partial charge in [-0.25, -0.2) is 0 Å². The van der Waals surface area contributed by atoms with Gasteiger partial charge in [0.1, 0.15) is 0 Å². The maximum absolute atomic E-state index is 9.15. The van der Waals surface area contributed by atoms with E-state index in [1.54, 1.807) is 7.05 Å². The van der Waals surface area contributed by atoms with Gasteiger partial charge in [0.25, 0.3) is 0 Å². The van der Waals surface area contributed by atoms with Crippen LogP contribution in [0.5, 0.6) is 0 Å². The molecule has 0 spiro atoms. The van der Waals surface area contributed by atoms with Gasteiger partial charge in [0.15, 0.2) is 5.96 Å². The number of hydrogen-bond donors (Lipinski definition) is 4. The Morgan fingerprint density at radius 2 is 2.27 bits per heavy atom. The third-order valence-corrected chi connectivity index (χ3v) is 2.00. The fourth-order valence-electron chi connectivity index (χ4n) is 1.37. The molecule has 11 heavy (non-hydrogen) atoms. The lowest BCUT2D eigenvalue weighted by molar-refractivity contribution is 0.180. The summed E-state index contributed by atoms with van der Waals surface area (Å²) >= 11 is 0. The summed E-state index contributed by atoms with van der Waals surface area (Å²) in [7, 11) is 1.71. The van der Waals surface area contributed by atoms with Crippen LogP contribution in [0.3, 0.4) is 0 Å².